The first-order valence-electron chi connectivity index (χ1n) is 12.6. The van der Waals surface area contributed by atoms with E-state index < -0.39 is 10.0 Å². The van der Waals surface area contributed by atoms with E-state index in [1.807, 2.05) is 32.9 Å². The summed E-state index contributed by atoms with van der Waals surface area (Å²) in [7, 11) is -3.74. The van der Waals surface area contributed by atoms with Crippen LogP contribution in [0.5, 0.6) is 0 Å². The molecule has 2 aromatic carbocycles. The van der Waals surface area contributed by atoms with Crippen molar-refractivity contribution in [1.82, 2.24) is 19.0 Å². The third-order valence-electron chi connectivity index (χ3n) is 7.08. The van der Waals surface area contributed by atoms with Crippen LogP contribution in [0.25, 0.3) is 5.69 Å². The summed E-state index contributed by atoms with van der Waals surface area (Å²) in [5.41, 5.74) is 2.21. The quantitative estimate of drug-likeness (QED) is 0.423. The van der Waals surface area contributed by atoms with Gasteiger partial charge in [0.25, 0.3) is 0 Å². The summed E-state index contributed by atoms with van der Waals surface area (Å²) >= 11 is 0. The summed E-state index contributed by atoms with van der Waals surface area (Å²) in [6, 6.07) is 14.7. The monoisotopic (exact) mass is 513 g/mol. The highest BCUT2D eigenvalue weighted by Crippen LogP contribution is 2.32. The van der Waals surface area contributed by atoms with Crippen LogP contribution in [-0.2, 0) is 16.6 Å². The smallest absolute Gasteiger partial charge is 0.243 e. The largest absolute Gasteiger partial charge is 0.354 e. The molecule has 194 valence electrons. The topological polar surface area (TPSA) is 61.7 Å². The zero-order valence-electron chi connectivity index (χ0n) is 21.6. The average Bonchev–Trinajstić information content (AvgIpc) is 3.23. The van der Waals surface area contributed by atoms with Crippen molar-refractivity contribution in [2.24, 2.45) is 0 Å². The number of piperazine rings is 1. The van der Waals surface area contributed by atoms with Gasteiger partial charge in [0.05, 0.1) is 16.3 Å². The zero-order chi connectivity index (χ0) is 25.9. The van der Waals surface area contributed by atoms with Crippen LogP contribution in [-0.4, -0.2) is 66.2 Å². The lowest BCUT2D eigenvalue weighted by molar-refractivity contribution is 0.269. The van der Waals surface area contributed by atoms with Gasteiger partial charge in [-0.1, -0.05) is 38.1 Å². The van der Waals surface area contributed by atoms with Gasteiger partial charge < -0.3 is 9.80 Å². The molecule has 1 saturated heterocycles. The first kappa shape index (κ1) is 26.3. The molecule has 7 nitrogen and oxygen atoms in total. The van der Waals surface area contributed by atoms with Crippen LogP contribution in [0.1, 0.15) is 38.4 Å². The van der Waals surface area contributed by atoms with Gasteiger partial charge >= 0.3 is 0 Å². The Kier molecular flexibility index (Phi) is 8.12. The summed E-state index contributed by atoms with van der Waals surface area (Å²) in [6.07, 6.45) is 0.674. The van der Waals surface area contributed by atoms with Crippen LogP contribution < -0.4 is 4.90 Å². The molecule has 1 atom stereocenters. The molecule has 0 saturated carbocycles. The number of sulfonamides is 1. The average molecular weight is 514 g/mol. The van der Waals surface area contributed by atoms with E-state index in [2.05, 4.69) is 16.7 Å². The summed E-state index contributed by atoms with van der Waals surface area (Å²) in [6.45, 7) is 12.5. The fourth-order valence-electron chi connectivity index (χ4n) is 4.69. The molecule has 0 bridgehead atoms. The van der Waals surface area contributed by atoms with E-state index in [0.717, 1.165) is 49.8 Å². The molecular formula is C27H36FN5O2S. The highest BCUT2D eigenvalue weighted by Gasteiger charge is 2.33. The Bertz CT molecular complexity index is 1270. The van der Waals surface area contributed by atoms with Crippen molar-refractivity contribution in [3.8, 4) is 5.69 Å². The van der Waals surface area contributed by atoms with Gasteiger partial charge in [0.15, 0.2) is 0 Å². The third-order valence-corrected chi connectivity index (χ3v) is 9.05. The molecule has 1 aliphatic rings. The van der Waals surface area contributed by atoms with Gasteiger partial charge in [0.1, 0.15) is 11.6 Å². The highest BCUT2D eigenvalue weighted by molar-refractivity contribution is 7.89. The molecule has 36 heavy (non-hydrogen) atoms. The van der Waals surface area contributed by atoms with Crippen LogP contribution in [0.4, 0.5) is 10.2 Å². The molecule has 2 heterocycles. The number of aryl methyl sites for hydroxylation is 1. The number of hydrogen-bond donors (Lipinski definition) is 0. The lowest BCUT2D eigenvalue weighted by Gasteiger charge is -2.36. The Hall–Kier alpha value is -2.75. The van der Waals surface area contributed by atoms with Crippen LogP contribution in [0, 0.1) is 12.7 Å². The van der Waals surface area contributed by atoms with E-state index in [1.165, 1.54) is 12.1 Å². The minimum Gasteiger partial charge on any atom is -0.354 e. The molecule has 1 aromatic heterocycles. The standard InChI is InChI=1S/C27H36FN5O2S/c1-5-21(3)32(36(34,35)25-13-8-7-9-14-25)20-26-22(4)29-33(24-12-10-11-23(28)19-24)27(26)31-17-15-30(6-2)16-18-31/h7-14,19,21H,5-6,15-18,20H2,1-4H3. The maximum atomic E-state index is 14.2. The minimum absolute atomic E-state index is 0.191. The second-order valence-electron chi connectivity index (χ2n) is 9.32. The van der Waals surface area contributed by atoms with Gasteiger partial charge in [0, 0.05) is 44.3 Å². The van der Waals surface area contributed by atoms with Crippen molar-refractivity contribution >= 4 is 15.8 Å². The van der Waals surface area contributed by atoms with Gasteiger partial charge in [0.2, 0.25) is 10.0 Å². The Morgan fingerprint density at radius 1 is 1.03 bits per heavy atom. The second-order valence-corrected chi connectivity index (χ2v) is 11.2. The summed E-state index contributed by atoms with van der Waals surface area (Å²) in [5, 5.41) is 4.80. The fraction of sp³-hybridized carbons (Fsp3) is 0.444. The number of nitrogens with zero attached hydrogens (tertiary/aromatic N) is 5. The number of halogens is 1. The van der Waals surface area contributed by atoms with E-state index >= 15 is 0 Å². The Morgan fingerprint density at radius 3 is 2.33 bits per heavy atom. The maximum absolute atomic E-state index is 14.2. The molecule has 0 radical (unpaired) electrons. The van der Waals surface area contributed by atoms with E-state index in [0.29, 0.717) is 12.1 Å². The van der Waals surface area contributed by atoms with Gasteiger partial charge in [-0.3, -0.25) is 0 Å². The lowest BCUT2D eigenvalue weighted by atomic mass is 10.1. The first-order chi connectivity index (χ1) is 17.3. The SMILES string of the molecule is CCC(C)N(Cc1c(C)nn(-c2cccc(F)c2)c1N1CCN(CC)CC1)S(=O)(=O)c1ccccc1. The molecular weight excluding hydrogens is 477 g/mol. The van der Waals surface area contributed by atoms with Gasteiger partial charge in [-0.25, -0.2) is 17.5 Å². The second kappa shape index (κ2) is 11.1. The van der Waals surface area contributed by atoms with E-state index in [9.17, 15) is 12.8 Å². The molecule has 1 aliphatic heterocycles. The predicted molar refractivity (Wildman–Crippen MR) is 142 cm³/mol. The molecule has 3 aromatic rings. The van der Waals surface area contributed by atoms with Crippen molar-refractivity contribution < 1.29 is 12.8 Å². The molecule has 1 fully saturated rings. The highest BCUT2D eigenvalue weighted by atomic mass is 32.2. The summed E-state index contributed by atoms with van der Waals surface area (Å²) in [5.74, 6) is 0.502. The fourth-order valence-corrected chi connectivity index (χ4v) is 6.38. The van der Waals surface area contributed by atoms with Gasteiger partial charge in [-0.05, 0) is 57.1 Å². The van der Waals surface area contributed by atoms with Crippen LogP contribution in [0.2, 0.25) is 0 Å². The number of aromatic nitrogens is 2. The maximum Gasteiger partial charge on any atom is 0.243 e. The number of hydrogen-bond acceptors (Lipinski definition) is 5. The molecule has 4 rings (SSSR count). The number of rotatable bonds is 9. The Morgan fingerprint density at radius 2 is 1.72 bits per heavy atom. The van der Waals surface area contributed by atoms with Crippen molar-refractivity contribution in [3.63, 3.8) is 0 Å². The van der Waals surface area contributed by atoms with Crippen LogP contribution in [0.3, 0.4) is 0 Å². The lowest BCUT2D eigenvalue weighted by Crippen LogP contribution is -2.47. The van der Waals surface area contributed by atoms with Gasteiger partial charge in [-0.2, -0.15) is 9.40 Å². The van der Waals surface area contributed by atoms with Crippen LogP contribution in [0.15, 0.2) is 59.5 Å². The summed E-state index contributed by atoms with van der Waals surface area (Å²) in [4.78, 5) is 4.92. The molecule has 0 amide bonds. The van der Waals surface area contributed by atoms with Crippen molar-refractivity contribution in [2.75, 3.05) is 37.6 Å². The number of likely N-dealkylation sites (N-methyl/N-ethyl adjacent to an activating group) is 1. The minimum atomic E-state index is -3.74. The molecule has 0 N–H and O–H groups in total. The normalized spacial score (nSPS) is 16.0. The molecule has 0 spiro atoms. The molecule has 9 heteroatoms. The van der Waals surface area contributed by atoms with E-state index in [1.54, 1.807) is 39.3 Å². The van der Waals surface area contributed by atoms with E-state index in [4.69, 9.17) is 5.10 Å². The van der Waals surface area contributed by atoms with Crippen LogP contribution >= 0.6 is 0 Å². The predicted octanol–water partition coefficient (Wildman–Crippen LogP) is 4.45. The number of benzene rings is 2. The van der Waals surface area contributed by atoms with Crippen molar-refractivity contribution in [1.29, 1.82) is 0 Å². The van der Waals surface area contributed by atoms with Crippen molar-refractivity contribution in [2.45, 2.75) is 51.6 Å². The zero-order valence-corrected chi connectivity index (χ0v) is 22.4. The van der Waals surface area contributed by atoms with E-state index in [-0.39, 0.29) is 23.3 Å². The first-order valence-corrected chi connectivity index (χ1v) is 14.1. The van der Waals surface area contributed by atoms with Crippen molar-refractivity contribution in [3.05, 3.63) is 71.7 Å². The number of anilines is 1. The van der Waals surface area contributed by atoms with Gasteiger partial charge in [-0.15, -0.1) is 0 Å². The molecule has 0 aliphatic carbocycles. The Labute approximate surface area is 214 Å². The molecule has 1 unspecified atom stereocenters. The summed E-state index contributed by atoms with van der Waals surface area (Å²) < 4.78 is 45.1. The Balaban J connectivity index is 1.82. The third kappa shape index (κ3) is 5.33.